The molecule has 130 valence electrons. The van der Waals surface area contributed by atoms with Gasteiger partial charge in [-0.3, -0.25) is 14.5 Å². The fraction of sp³-hybridized carbons (Fsp3) is 0.375. The van der Waals surface area contributed by atoms with Crippen LogP contribution in [0.1, 0.15) is 19.8 Å². The first-order valence-electron chi connectivity index (χ1n) is 7.87. The number of thiazole rings is 1. The molecule has 2 fully saturated rings. The van der Waals surface area contributed by atoms with Crippen LogP contribution in [0.15, 0.2) is 18.2 Å². The summed E-state index contributed by atoms with van der Waals surface area (Å²) in [6, 6.07) is 4.73. The third kappa shape index (κ3) is 2.85. The summed E-state index contributed by atoms with van der Waals surface area (Å²) in [7, 11) is 0. The molecule has 0 radical (unpaired) electrons. The maximum absolute atomic E-state index is 12.5. The molecule has 2 heterocycles. The second-order valence-corrected chi connectivity index (χ2v) is 7.94. The van der Waals surface area contributed by atoms with Gasteiger partial charge in [-0.05, 0) is 43.9 Å². The molecular formula is C16H15ClN4O3S. The van der Waals surface area contributed by atoms with Crippen LogP contribution in [-0.2, 0) is 9.59 Å². The number of carbonyl (C=O) groups excluding carboxylic acids is 3. The Bertz CT molecular complexity index is 910. The van der Waals surface area contributed by atoms with Crippen LogP contribution in [0.2, 0.25) is 5.02 Å². The van der Waals surface area contributed by atoms with Crippen molar-refractivity contribution in [3.8, 4) is 0 Å². The average Bonchev–Trinajstić information content (AvgIpc) is 3.29. The fourth-order valence-electron chi connectivity index (χ4n) is 3.05. The fourth-order valence-corrected chi connectivity index (χ4v) is 4.21. The second kappa shape index (κ2) is 5.67. The second-order valence-electron chi connectivity index (χ2n) is 6.48. The Labute approximate surface area is 152 Å². The minimum Gasteiger partial charge on any atom is -0.323 e. The maximum atomic E-state index is 12.5. The van der Waals surface area contributed by atoms with E-state index in [0.29, 0.717) is 10.2 Å². The zero-order valence-corrected chi connectivity index (χ0v) is 14.9. The summed E-state index contributed by atoms with van der Waals surface area (Å²) < 4.78 is 0.846. The summed E-state index contributed by atoms with van der Waals surface area (Å²) in [6.07, 6.45) is 1.83. The van der Waals surface area contributed by atoms with E-state index in [-0.39, 0.29) is 18.4 Å². The van der Waals surface area contributed by atoms with Gasteiger partial charge in [0.15, 0.2) is 5.13 Å². The van der Waals surface area contributed by atoms with Crippen LogP contribution >= 0.6 is 22.9 Å². The van der Waals surface area contributed by atoms with Gasteiger partial charge in [-0.15, -0.1) is 0 Å². The van der Waals surface area contributed by atoms with Crippen LogP contribution in [0.3, 0.4) is 0 Å². The van der Waals surface area contributed by atoms with Crippen molar-refractivity contribution >= 4 is 56.1 Å². The van der Waals surface area contributed by atoms with E-state index >= 15 is 0 Å². The molecule has 1 saturated heterocycles. The number of aromatic nitrogens is 1. The molecule has 25 heavy (non-hydrogen) atoms. The zero-order chi connectivity index (χ0) is 17.8. The van der Waals surface area contributed by atoms with Crippen molar-refractivity contribution in [2.24, 2.45) is 5.92 Å². The third-order valence-electron chi connectivity index (χ3n) is 4.59. The molecule has 0 bridgehead atoms. The number of nitrogens with zero attached hydrogens (tertiary/aromatic N) is 2. The maximum Gasteiger partial charge on any atom is 0.325 e. The van der Waals surface area contributed by atoms with Gasteiger partial charge in [-0.2, -0.15) is 0 Å². The molecule has 1 aromatic carbocycles. The minimum absolute atomic E-state index is 0.158. The summed E-state index contributed by atoms with van der Waals surface area (Å²) in [5.74, 6) is -0.647. The van der Waals surface area contributed by atoms with Crippen molar-refractivity contribution in [1.29, 1.82) is 0 Å². The van der Waals surface area contributed by atoms with Crippen molar-refractivity contribution in [2.75, 3.05) is 11.9 Å². The van der Waals surface area contributed by atoms with E-state index in [1.807, 2.05) is 0 Å². The summed E-state index contributed by atoms with van der Waals surface area (Å²) in [6.45, 7) is 1.39. The number of benzene rings is 1. The molecule has 2 N–H and O–H groups in total. The van der Waals surface area contributed by atoms with Crippen molar-refractivity contribution in [1.82, 2.24) is 15.2 Å². The predicted molar refractivity (Wildman–Crippen MR) is 94.6 cm³/mol. The summed E-state index contributed by atoms with van der Waals surface area (Å²) >= 11 is 7.22. The molecule has 1 saturated carbocycles. The Morgan fingerprint density at radius 2 is 2.24 bits per heavy atom. The number of urea groups is 1. The van der Waals surface area contributed by atoms with Gasteiger partial charge in [0, 0.05) is 5.02 Å². The molecule has 1 aromatic heterocycles. The number of imide groups is 1. The first-order chi connectivity index (χ1) is 11.9. The van der Waals surface area contributed by atoms with E-state index < -0.39 is 17.5 Å². The molecule has 0 spiro atoms. The quantitative estimate of drug-likeness (QED) is 0.800. The highest BCUT2D eigenvalue weighted by Crippen LogP contribution is 2.42. The standard InChI is InChI=1S/C16H15ClN4O3S/c1-16(8-2-3-8)13(23)21(15(24)20-16)7-12(22)19-14-18-10-5-4-9(17)6-11(10)25-14/h4-6,8H,2-3,7H2,1H3,(H,20,24)(H,18,19,22). The van der Waals surface area contributed by atoms with Crippen LogP contribution in [0.4, 0.5) is 9.93 Å². The van der Waals surface area contributed by atoms with E-state index in [1.165, 1.54) is 11.3 Å². The number of fused-ring (bicyclic) bond motifs is 1. The van der Waals surface area contributed by atoms with Gasteiger partial charge < -0.3 is 10.6 Å². The lowest BCUT2D eigenvalue weighted by Crippen LogP contribution is -2.46. The zero-order valence-electron chi connectivity index (χ0n) is 13.3. The lowest BCUT2D eigenvalue weighted by atomic mass is 9.96. The Balaban J connectivity index is 1.46. The highest BCUT2D eigenvalue weighted by molar-refractivity contribution is 7.22. The molecule has 1 aliphatic heterocycles. The topological polar surface area (TPSA) is 91.4 Å². The van der Waals surface area contributed by atoms with Gasteiger partial charge in [0.05, 0.1) is 10.2 Å². The predicted octanol–water partition coefficient (Wildman–Crippen LogP) is 2.61. The number of carbonyl (C=O) groups is 3. The monoisotopic (exact) mass is 378 g/mol. The number of halogens is 1. The smallest absolute Gasteiger partial charge is 0.323 e. The van der Waals surface area contributed by atoms with Crippen molar-refractivity contribution in [3.63, 3.8) is 0 Å². The van der Waals surface area contributed by atoms with E-state index in [9.17, 15) is 14.4 Å². The normalized spacial score (nSPS) is 23.2. The highest BCUT2D eigenvalue weighted by Gasteiger charge is 2.56. The summed E-state index contributed by atoms with van der Waals surface area (Å²) in [4.78, 5) is 42.1. The van der Waals surface area contributed by atoms with Gasteiger partial charge in [-0.1, -0.05) is 22.9 Å². The molecule has 4 amide bonds. The lowest BCUT2D eigenvalue weighted by molar-refractivity contribution is -0.134. The SMILES string of the molecule is CC1(C2CC2)NC(=O)N(CC(=O)Nc2nc3ccc(Cl)cc3s2)C1=O. The molecule has 4 rings (SSSR count). The van der Waals surface area contributed by atoms with Crippen LogP contribution in [0.25, 0.3) is 10.2 Å². The van der Waals surface area contributed by atoms with Gasteiger partial charge >= 0.3 is 6.03 Å². The first-order valence-corrected chi connectivity index (χ1v) is 9.06. The van der Waals surface area contributed by atoms with Gasteiger partial charge in [-0.25, -0.2) is 9.78 Å². The van der Waals surface area contributed by atoms with Crippen molar-refractivity contribution < 1.29 is 14.4 Å². The molecule has 1 unspecified atom stereocenters. The molecule has 2 aromatic rings. The average molecular weight is 379 g/mol. The Kier molecular flexibility index (Phi) is 3.69. The van der Waals surface area contributed by atoms with E-state index in [0.717, 1.165) is 28.0 Å². The van der Waals surface area contributed by atoms with Crippen LogP contribution in [0.5, 0.6) is 0 Å². The molecule has 1 aliphatic carbocycles. The summed E-state index contributed by atoms with van der Waals surface area (Å²) in [5.41, 5.74) is -0.162. The van der Waals surface area contributed by atoms with Crippen molar-refractivity contribution in [2.45, 2.75) is 25.3 Å². The lowest BCUT2D eigenvalue weighted by Gasteiger charge is -2.20. The van der Waals surface area contributed by atoms with Crippen LogP contribution in [0, 0.1) is 5.92 Å². The number of nitrogens with one attached hydrogen (secondary N) is 2. The molecular weight excluding hydrogens is 364 g/mol. The third-order valence-corrected chi connectivity index (χ3v) is 5.76. The van der Waals surface area contributed by atoms with Crippen molar-refractivity contribution in [3.05, 3.63) is 23.2 Å². The molecule has 9 heteroatoms. The number of hydrogen-bond donors (Lipinski definition) is 2. The van der Waals surface area contributed by atoms with Gasteiger partial charge in [0.1, 0.15) is 12.1 Å². The molecule has 7 nitrogen and oxygen atoms in total. The largest absolute Gasteiger partial charge is 0.325 e. The Morgan fingerprint density at radius 1 is 1.48 bits per heavy atom. The Hall–Kier alpha value is -2.19. The van der Waals surface area contributed by atoms with Gasteiger partial charge in [0.25, 0.3) is 5.91 Å². The first kappa shape index (κ1) is 16.3. The Morgan fingerprint density at radius 3 is 2.96 bits per heavy atom. The summed E-state index contributed by atoms with van der Waals surface area (Å²) in [5, 5.41) is 6.35. The number of rotatable bonds is 4. The van der Waals surface area contributed by atoms with E-state index in [4.69, 9.17) is 11.6 Å². The molecule has 2 aliphatic rings. The van der Waals surface area contributed by atoms with Gasteiger partial charge in [0.2, 0.25) is 5.91 Å². The number of anilines is 1. The van der Waals surface area contributed by atoms with Crippen LogP contribution in [-0.4, -0.2) is 39.8 Å². The minimum atomic E-state index is -0.885. The van der Waals surface area contributed by atoms with E-state index in [1.54, 1.807) is 25.1 Å². The number of amides is 4. The van der Waals surface area contributed by atoms with Crippen LogP contribution < -0.4 is 10.6 Å². The number of hydrogen-bond acceptors (Lipinski definition) is 5. The van der Waals surface area contributed by atoms with E-state index in [2.05, 4.69) is 15.6 Å². The highest BCUT2D eigenvalue weighted by atomic mass is 35.5. The molecule has 1 atom stereocenters.